The highest BCUT2D eigenvalue weighted by Crippen LogP contribution is 2.25. The number of amides is 2. The molecule has 1 aromatic rings. The van der Waals surface area contributed by atoms with Crippen LogP contribution in [-0.4, -0.2) is 34.9 Å². The fraction of sp³-hybridized carbons (Fsp3) is 0.200. The Morgan fingerprint density at radius 1 is 1.44 bits per heavy atom. The maximum absolute atomic E-state index is 11.5. The highest BCUT2D eigenvalue weighted by molar-refractivity contribution is 9.10. The number of hydrogen-bond acceptors (Lipinski definition) is 3. The summed E-state index contributed by atoms with van der Waals surface area (Å²) in [7, 11) is 0. The molecule has 0 aliphatic heterocycles. The number of benzene rings is 1. The molecule has 0 fully saturated rings. The van der Waals surface area contributed by atoms with Crippen molar-refractivity contribution in [2.45, 2.75) is 6.04 Å². The molecule has 0 unspecified atom stereocenters. The van der Waals surface area contributed by atoms with E-state index in [1.54, 1.807) is 18.2 Å². The number of rotatable bonds is 4. The van der Waals surface area contributed by atoms with Crippen LogP contribution in [0.5, 0.6) is 0 Å². The molecule has 4 N–H and O–H groups in total. The minimum absolute atomic E-state index is 0.309. The Kier molecular flexibility index (Phi) is 5.39. The molecule has 2 amide bonds. The number of urea groups is 1. The van der Waals surface area contributed by atoms with Crippen molar-refractivity contribution in [3.63, 3.8) is 0 Å². The van der Waals surface area contributed by atoms with Crippen molar-refractivity contribution in [3.05, 3.63) is 27.7 Å². The average Bonchev–Trinajstić information content (AvgIpc) is 2.30. The van der Waals surface area contributed by atoms with E-state index in [9.17, 15) is 9.59 Å². The second kappa shape index (κ2) is 6.58. The Balaban J connectivity index is 2.70. The number of halogens is 2. The van der Waals surface area contributed by atoms with Gasteiger partial charge < -0.3 is 20.8 Å². The molecule has 1 atom stereocenters. The van der Waals surface area contributed by atoms with Crippen LogP contribution in [0.1, 0.15) is 0 Å². The number of nitrogens with one attached hydrogen (secondary N) is 2. The molecule has 6 nitrogen and oxygen atoms in total. The Morgan fingerprint density at radius 2 is 2.11 bits per heavy atom. The zero-order valence-electron chi connectivity index (χ0n) is 8.98. The van der Waals surface area contributed by atoms with Gasteiger partial charge in [0.15, 0.2) is 6.04 Å². The number of aliphatic carboxylic acids is 1. The molecule has 0 saturated carbocycles. The number of carboxylic acid groups (broad SMARTS) is 1. The lowest BCUT2D eigenvalue weighted by atomic mass is 10.3. The van der Waals surface area contributed by atoms with Gasteiger partial charge in [0.05, 0.1) is 17.3 Å². The topological polar surface area (TPSA) is 98.7 Å². The van der Waals surface area contributed by atoms with Gasteiger partial charge in [-0.15, -0.1) is 0 Å². The van der Waals surface area contributed by atoms with Gasteiger partial charge in [-0.3, -0.25) is 0 Å². The number of hydrogen-bond donors (Lipinski definition) is 4. The minimum atomic E-state index is -1.36. The van der Waals surface area contributed by atoms with E-state index in [4.69, 9.17) is 21.8 Å². The number of aliphatic hydroxyl groups excluding tert-OH is 1. The van der Waals surface area contributed by atoms with Gasteiger partial charge in [-0.05, 0) is 18.2 Å². The van der Waals surface area contributed by atoms with E-state index in [1.807, 2.05) is 0 Å². The lowest BCUT2D eigenvalue weighted by molar-refractivity contribution is -0.140. The number of aliphatic hydroxyl groups is 1. The molecule has 98 valence electrons. The number of carbonyl (C=O) groups is 2. The van der Waals surface area contributed by atoms with Crippen molar-refractivity contribution in [1.82, 2.24) is 5.32 Å². The van der Waals surface area contributed by atoms with Gasteiger partial charge >= 0.3 is 12.0 Å². The van der Waals surface area contributed by atoms with E-state index < -0.39 is 24.6 Å². The minimum Gasteiger partial charge on any atom is -0.480 e. The van der Waals surface area contributed by atoms with Gasteiger partial charge in [-0.2, -0.15) is 0 Å². The predicted molar refractivity (Wildman–Crippen MR) is 69.8 cm³/mol. The Labute approximate surface area is 116 Å². The van der Waals surface area contributed by atoms with Crippen LogP contribution in [-0.2, 0) is 4.79 Å². The van der Waals surface area contributed by atoms with Gasteiger partial charge in [0.25, 0.3) is 0 Å². The van der Waals surface area contributed by atoms with Crippen molar-refractivity contribution in [2.75, 3.05) is 11.9 Å². The first-order chi connectivity index (χ1) is 8.43. The monoisotopic (exact) mass is 336 g/mol. The molecule has 0 aliphatic rings. The van der Waals surface area contributed by atoms with E-state index in [0.29, 0.717) is 15.2 Å². The molecule has 1 rings (SSSR count). The van der Waals surface area contributed by atoms with Gasteiger partial charge in [0.1, 0.15) is 0 Å². The smallest absolute Gasteiger partial charge is 0.328 e. The Hall–Kier alpha value is -1.31. The van der Waals surface area contributed by atoms with Gasteiger partial charge in [0, 0.05) is 4.47 Å². The standard InChI is InChI=1S/C10H10BrClN2O4/c11-5-1-2-6(12)7(3-5)13-10(18)14-8(4-15)9(16)17/h1-3,8,15H,4H2,(H,16,17)(H2,13,14,18)/t8-/m0/s1. The molecule has 18 heavy (non-hydrogen) atoms. The van der Waals surface area contributed by atoms with Crippen LogP contribution < -0.4 is 10.6 Å². The summed E-state index contributed by atoms with van der Waals surface area (Å²) in [5, 5.41) is 22.2. The van der Waals surface area contributed by atoms with Crippen molar-refractivity contribution >= 4 is 45.2 Å². The summed E-state index contributed by atoms with van der Waals surface area (Å²) < 4.78 is 0.708. The fourth-order valence-corrected chi connectivity index (χ4v) is 1.62. The quantitative estimate of drug-likeness (QED) is 0.671. The largest absolute Gasteiger partial charge is 0.480 e. The third-order valence-electron chi connectivity index (χ3n) is 1.96. The highest BCUT2D eigenvalue weighted by Gasteiger charge is 2.18. The SMILES string of the molecule is O=C(Nc1cc(Br)ccc1Cl)N[C@@H](CO)C(=O)O. The van der Waals surface area contributed by atoms with Crippen molar-refractivity contribution < 1.29 is 19.8 Å². The molecular formula is C10H10BrClN2O4. The predicted octanol–water partition coefficient (Wildman–Crippen LogP) is 1.67. The van der Waals surface area contributed by atoms with Gasteiger partial charge in [-0.1, -0.05) is 27.5 Å². The third-order valence-corrected chi connectivity index (χ3v) is 2.79. The summed E-state index contributed by atoms with van der Waals surface area (Å²) in [6.45, 7) is -0.699. The first-order valence-corrected chi connectivity index (χ1v) is 5.97. The number of carboxylic acids is 1. The summed E-state index contributed by atoms with van der Waals surface area (Å²) in [4.78, 5) is 22.1. The average molecular weight is 338 g/mol. The van der Waals surface area contributed by atoms with Crippen molar-refractivity contribution in [1.29, 1.82) is 0 Å². The fourth-order valence-electron chi connectivity index (χ4n) is 1.10. The first-order valence-electron chi connectivity index (χ1n) is 4.80. The summed E-state index contributed by atoms with van der Waals surface area (Å²) >= 11 is 9.05. The Morgan fingerprint density at radius 3 is 2.67 bits per heavy atom. The molecular weight excluding hydrogens is 327 g/mol. The zero-order chi connectivity index (χ0) is 13.7. The normalized spacial score (nSPS) is 11.7. The number of carbonyl (C=O) groups excluding carboxylic acids is 1. The van der Waals surface area contributed by atoms with Crippen molar-refractivity contribution in [3.8, 4) is 0 Å². The molecule has 0 aliphatic carbocycles. The molecule has 0 spiro atoms. The molecule has 0 heterocycles. The summed E-state index contributed by atoms with van der Waals surface area (Å²) in [5.74, 6) is -1.33. The van der Waals surface area contributed by atoms with E-state index in [1.165, 1.54) is 0 Å². The number of anilines is 1. The van der Waals surface area contributed by atoms with Crippen LogP contribution in [0.2, 0.25) is 5.02 Å². The summed E-state index contributed by atoms with van der Waals surface area (Å²) in [6.07, 6.45) is 0. The molecule has 0 radical (unpaired) electrons. The van der Waals surface area contributed by atoms with Crippen LogP contribution in [0, 0.1) is 0 Å². The second-order valence-electron chi connectivity index (χ2n) is 3.30. The maximum atomic E-state index is 11.5. The third kappa shape index (κ3) is 4.17. The maximum Gasteiger partial charge on any atom is 0.328 e. The lowest BCUT2D eigenvalue weighted by Gasteiger charge is -2.13. The van der Waals surface area contributed by atoms with Crippen LogP contribution in [0.4, 0.5) is 10.5 Å². The first kappa shape index (κ1) is 14.7. The highest BCUT2D eigenvalue weighted by atomic mass is 79.9. The van der Waals surface area contributed by atoms with E-state index in [-0.39, 0.29) is 0 Å². The van der Waals surface area contributed by atoms with E-state index >= 15 is 0 Å². The van der Waals surface area contributed by atoms with E-state index in [2.05, 4.69) is 26.6 Å². The van der Waals surface area contributed by atoms with Gasteiger partial charge in [-0.25, -0.2) is 9.59 Å². The van der Waals surface area contributed by atoms with Crippen LogP contribution in [0.25, 0.3) is 0 Å². The van der Waals surface area contributed by atoms with Crippen LogP contribution in [0.3, 0.4) is 0 Å². The van der Waals surface area contributed by atoms with Gasteiger partial charge in [0.2, 0.25) is 0 Å². The lowest BCUT2D eigenvalue weighted by Crippen LogP contribution is -2.45. The molecule has 0 bridgehead atoms. The molecule has 8 heteroatoms. The second-order valence-corrected chi connectivity index (χ2v) is 4.62. The summed E-state index contributed by atoms with van der Waals surface area (Å²) in [6, 6.07) is 2.70. The molecule has 0 aromatic heterocycles. The van der Waals surface area contributed by atoms with Crippen molar-refractivity contribution in [2.24, 2.45) is 0 Å². The zero-order valence-corrected chi connectivity index (χ0v) is 11.3. The molecule has 1 aromatic carbocycles. The van der Waals surface area contributed by atoms with Crippen LogP contribution >= 0.6 is 27.5 Å². The Bertz CT molecular complexity index is 469. The van der Waals surface area contributed by atoms with E-state index in [0.717, 1.165) is 0 Å². The molecule has 0 saturated heterocycles. The summed E-state index contributed by atoms with van der Waals surface area (Å²) in [5.41, 5.74) is 0.325. The van der Waals surface area contributed by atoms with Crippen LogP contribution in [0.15, 0.2) is 22.7 Å².